The van der Waals surface area contributed by atoms with E-state index in [1.807, 2.05) is 9.80 Å². The van der Waals surface area contributed by atoms with Crippen LogP contribution in [0.25, 0.3) is 0 Å². The lowest BCUT2D eigenvalue weighted by molar-refractivity contribution is -0.141. The fourth-order valence-corrected chi connectivity index (χ4v) is 4.35. The fraction of sp³-hybridized carbons (Fsp3) is 0.545. The largest absolute Gasteiger partial charge is 0.339 e. The first-order chi connectivity index (χ1) is 13.2. The molecule has 3 aliphatic rings. The molecule has 1 atom stereocenters. The molecule has 0 unspecified atom stereocenters. The van der Waals surface area contributed by atoms with Crippen LogP contribution in [0.4, 0.5) is 0 Å². The number of fused-ring (bicyclic) bond motifs is 1. The van der Waals surface area contributed by atoms with Crippen LogP contribution in [0.15, 0.2) is 24.3 Å². The van der Waals surface area contributed by atoms with E-state index in [4.69, 9.17) is 6.42 Å². The van der Waals surface area contributed by atoms with Crippen molar-refractivity contribution in [3.63, 3.8) is 0 Å². The van der Waals surface area contributed by atoms with Crippen molar-refractivity contribution in [3.05, 3.63) is 35.4 Å². The Bertz CT molecular complexity index is 757. The Hall–Kier alpha value is -2.32. The molecule has 2 fully saturated rings. The summed E-state index contributed by atoms with van der Waals surface area (Å²) >= 11 is 0. The first kappa shape index (κ1) is 18.1. The summed E-state index contributed by atoms with van der Waals surface area (Å²) in [5.41, 5.74) is 2.67. The van der Waals surface area contributed by atoms with Gasteiger partial charge in [-0.3, -0.25) is 14.5 Å². The van der Waals surface area contributed by atoms with Crippen LogP contribution in [-0.4, -0.2) is 65.8 Å². The van der Waals surface area contributed by atoms with Crippen molar-refractivity contribution < 1.29 is 9.59 Å². The van der Waals surface area contributed by atoms with Crippen molar-refractivity contribution in [1.82, 2.24) is 14.7 Å². The average molecular weight is 365 g/mol. The van der Waals surface area contributed by atoms with E-state index in [1.54, 1.807) is 0 Å². The Labute approximate surface area is 161 Å². The maximum absolute atomic E-state index is 12.9. The molecule has 1 heterocycles. The summed E-state index contributed by atoms with van der Waals surface area (Å²) in [6, 6.07) is 8.67. The molecule has 0 N–H and O–H groups in total. The predicted octanol–water partition coefficient (Wildman–Crippen LogP) is 1.69. The summed E-state index contributed by atoms with van der Waals surface area (Å²) in [5, 5.41) is 0. The molecule has 5 heteroatoms. The van der Waals surface area contributed by atoms with Gasteiger partial charge >= 0.3 is 0 Å². The first-order valence-corrected chi connectivity index (χ1v) is 9.99. The third-order valence-electron chi connectivity index (χ3n) is 6.05. The van der Waals surface area contributed by atoms with Gasteiger partial charge in [0.05, 0.1) is 13.1 Å². The fourth-order valence-electron chi connectivity index (χ4n) is 4.35. The van der Waals surface area contributed by atoms with Crippen molar-refractivity contribution >= 4 is 11.8 Å². The molecule has 2 amide bonds. The van der Waals surface area contributed by atoms with Gasteiger partial charge in [0.15, 0.2) is 0 Å². The minimum atomic E-state index is 0.119. The Morgan fingerprint density at radius 3 is 2.48 bits per heavy atom. The highest BCUT2D eigenvalue weighted by molar-refractivity contribution is 5.82. The van der Waals surface area contributed by atoms with Gasteiger partial charge in [-0.2, -0.15) is 0 Å². The van der Waals surface area contributed by atoms with E-state index in [-0.39, 0.29) is 23.8 Å². The van der Waals surface area contributed by atoms with Crippen LogP contribution < -0.4 is 0 Å². The van der Waals surface area contributed by atoms with Gasteiger partial charge in [0.1, 0.15) is 0 Å². The summed E-state index contributed by atoms with van der Waals surface area (Å²) in [5.74, 6) is 3.37. The molecule has 1 aliphatic heterocycles. The normalized spacial score (nSPS) is 21.9. The number of aryl methyl sites for hydroxylation is 1. The number of amides is 2. The SMILES string of the molecule is C#CCN(CC(=O)N1CCN(C(=O)C2CC2)CC1)[C@H]1CCc2ccccc21. The number of piperazine rings is 1. The molecule has 27 heavy (non-hydrogen) atoms. The third-order valence-corrected chi connectivity index (χ3v) is 6.05. The molecule has 1 aromatic rings. The predicted molar refractivity (Wildman–Crippen MR) is 104 cm³/mol. The number of nitrogens with zero attached hydrogens (tertiary/aromatic N) is 3. The molecule has 1 aromatic carbocycles. The van der Waals surface area contributed by atoms with E-state index in [9.17, 15) is 9.59 Å². The van der Waals surface area contributed by atoms with Crippen molar-refractivity contribution in [2.24, 2.45) is 5.92 Å². The van der Waals surface area contributed by atoms with Gasteiger partial charge in [0, 0.05) is 38.1 Å². The van der Waals surface area contributed by atoms with E-state index < -0.39 is 0 Å². The van der Waals surface area contributed by atoms with Crippen LogP contribution >= 0.6 is 0 Å². The van der Waals surface area contributed by atoms with E-state index in [1.165, 1.54) is 11.1 Å². The van der Waals surface area contributed by atoms with Crippen LogP contribution in [0.1, 0.15) is 36.4 Å². The summed E-state index contributed by atoms with van der Waals surface area (Å²) in [7, 11) is 0. The molecule has 1 saturated heterocycles. The highest BCUT2D eigenvalue weighted by Gasteiger charge is 2.36. The zero-order valence-electron chi connectivity index (χ0n) is 15.8. The van der Waals surface area contributed by atoms with Gasteiger partial charge in [-0.05, 0) is 36.8 Å². The number of hydrogen-bond donors (Lipinski definition) is 0. The molecule has 4 rings (SSSR count). The van der Waals surface area contributed by atoms with Gasteiger partial charge in [0.25, 0.3) is 0 Å². The molecule has 0 radical (unpaired) electrons. The quantitative estimate of drug-likeness (QED) is 0.746. The lowest BCUT2D eigenvalue weighted by Gasteiger charge is -2.36. The number of carbonyl (C=O) groups is 2. The summed E-state index contributed by atoms with van der Waals surface area (Å²) in [4.78, 5) is 31.0. The van der Waals surface area contributed by atoms with Gasteiger partial charge in [-0.1, -0.05) is 30.2 Å². The summed E-state index contributed by atoms with van der Waals surface area (Å²) < 4.78 is 0. The number of hydrogen-bond acceptors (Lipinski definition) is 3. The summed E-state index contributed by atoms with van der Waals surface area (Å²) in [6.07, 6.45) is 9.71. The summed E-state index contributed by atoms with van der Waals surface area (Å²) in [6.45, 7) is 3.39. The van der Waals surface area contributed by atoms with Crippen LogP contribution in [-0.2, 0) is 16.0 Å². The zero-order valence-corrected chi connectivity index (χ0v) is 15.8. The molecule has 2 aliphatic carbocycles. The van der Waals surface area contributed by atoms with Crippen LogP contribution in [0.5, 0.6) is 0 Å². The second kappa shape index (κ2) is 7.74. The number of rotatable bonds is 5. The molecule has 0 spiro atoms. The number of carbonyl (C=O) groups excluding carboxylic acids is 2. The standard InChI is InChI=1S/C22H27N3O2/c1-2-11-25(20-10-9-17-5-3-4-6-19(17)20)16-21(26)23-12-14-24(15-13-23)22(27)18-7-8-18/h1,3-6,18,20H,7-16H2/t20-/m0/s1. The highest BCUT2D eigenvalue weighted by Crippen LogP contribution is 2.35. The van der Waals surface area contributed by atoms with Gasteiger partial charge < -0.3 is 9.80 Å². The second-order valence-electron chi connectivity index (χ2n) is 7.84. The molecule has 5 nitrogen and oxygen atoms in total. The Balaban J connectivity index is 1.36. The third kappa shape index (κ3) is 3.86. The number of benzene rings is 1. The average Bonchev–Trinajstić information content (AvgIpc) is 3.46. The van der Waals surface area contributed by atoms with Crippen molar-refractivity contribution in [2.45, 2.75) is 31.7 Å². The Kier molecular flexibility index (Phi) is 5.18. The van der Waals surface area contributed by atoms with E-state index >= 15 is 0 Å². The minimum Gasteiger partial charge on any atom is -0.339 e. The molecular weight excluding hydrogens is 338 g/mol. The molecule has 1 saturated carbocycles. The van der Waals surface area contributed by atoms with E-state index in [0.717, 1.165) is 25.7 Å². The lowest BCUT2D eigenvalue weighted by Crippen LogP contribution is -2.53. The first-order valence-electron chi connectivity index (χ1n) is 9.99. The minimum absolute atomic E-state index is 0.119. The van der Waals surface area contributed by atoms with E-state index in [0.29, 0.717) is 39.3 Å². The van der Waals surface area contributed by atoms with Crippen LogP contribution in [0, 0.1) is 18.3 Å². The number of terminal acetylenes is 1. The van der Waals surface area contributed by atoms with Crippen LogP contribution in [0.3, 0.4) is 0 Å². The maximum atomic E-state index is 12.9. The maximum Gasteiger partial charge on any atom is 0.236 e. The topological polar surface area (TPSA) is 43.9 Å². The Morgan fingerprint density at radius 2 is 1.78 bits per heavy atom. The van der Waals surface area contributed by atoms with E-state index in [2.05, 4.69) is 35.1 Å². The van der Waals surface area contributed by atoms with Gasteiger partial charge in [-0.15, -0.1) is 6.42 Å². The second-order valence-corrected chi connectivity index (χ2v) is 7.84. The van der Waals surface area contributed by atoms with Crippen molar-refractivity contribution in [1.29, 1.82) is 0 Å². The van der Waals surface area contributed by atoms with Crippen LogP contribution in [0.2, 0.25) is 0 Å². The Morgan fingerprint density at radius 1 is 1.07 bits per heavy atom. The molecule has 142 valence electrons. The molecule has 0 aromatic heterocycles. The molecule has 0 bridgehead atoms. The van der Waals surface area contributed by atoms with Gasteiger partial charge in [-0.25, -0.2) is 0 Å². The zero-order chi connectivity index (χ0) is 18.8. The molecular formula is C22H27N3O2. The van der Waals surface area contributed by atoms with Gasteiger partial charge in [0.2, 0.25) is 11.8 Å². The lowest BCUT2D eigenvalue weighted by atomic mass is 10.1. The monoisotopic (exact) mass is 365 g/mol. The van der Waals surface area contributed by atoms with Crippen molar-refractivity contribution in [3.8, 4) is 12.3 Å². The highest BCUT2D eigenvalue weighted by atomic mass is 16.2. The van der Waals surface area contributed by atoms with Crippen molar-refractivity contribution in [2.75, 3.05) is 39.3 Å². The smallest absolute Gasteiger partial charge is 0.236 e.